The molecule has 1 aliphatic heterocycles. The summed E-state index contributed by atoms with van der Waals surface area (Å²) in [6.07, 6.45) is 2.68. The van der Waals surface area contributed by atoms with Gasteiger partial charge >= 0.3 is 0 Å². The predicted octanol–water partition coefficient (Wildman–Crippen LogP) is 3.93. The van der Waals surface area contributed by atoms with Gasteiger partial charge in [0.25, 0.3) is 0 Å². The summed E-state index contributed by atoms with van der Waals surface area (Å²) >= 11 is 0. The summed E-state index contributed by atoms with van der Waals surface area (Å²) in [4.78, 5) is 20.7. The highest BCUT2D eigenvalue weighted by Gasteiger charge is 2.24. The van der Waals surface area contributed by atoms with E-state index in [1.807, 2.05) is 24.3 Å². The highest BCUT2D eigenvalue weighted by molar-refractivity contribution is 14.0. The largest absolute Gasteiger partial charge is 0.444 e. The van der Waals surface area contributed by atoms with Gasteiger partial charge in [-0.1, -0.05) is 18.2 Å². The first-order valence-corrected chi connectivity index (χ1v) is 10.2. The van der Waals surface area contributed by atoms with Crippen LogP contribution in [0.5, 0.6) is 0 Å². The van der Waals surface area contributed by atoms with Crippen LogP contribution >= 0.6 is 24.0 Å². The lowest BCUT2D eigenvalue weighted by atomic mass is 9.90. The van der Waals surface area contributed by atoms with Gasteiger partial charge in [0.1, 0.15) is 12.1 Å². The van der Waals surface area contributed by atoms with Crippen LogP contribution in [-0.2, 0) is 11.2 Å². The molecule has 32 heavy (non-hydrogen) atoms. The third kappa shape index (κ3) is 5.84. The molecule has 0 bridgehead atoms. The molecule has 7 nitrogen and oxygen atoms in total. The summed E-state index contributed by atoms with van der Waals surface area (Å²) in [6.45, 7) is 1.21. The third-order valence-corrected chi connectivity index (χ3v) is 5.16. The lowest BCUT2D eigenvalue weighted by molar-refractivity contribution is -0.116. The number of fused-ring (bicyclic) bond motifs is 1. The van der Waals surface area contributed by atoms with Gasteiger partial charge in [-0.3, -0.25) is 9.79 Å². The Kier molecular flexibility index (Phi) is 8.20. The Bertz CT molecular complexity index is 1080. The fraction of sp³-hybridized carbons (Fsp3) is 0.261. The van der Waals surface area contributed by atoms with E-state index in [4.69, 9.17) is 4.42 Å². The highest BCUT2D eigenvalue weighted by Crippen LogP contribution is 2.31. The molecule has 1 aromatic heterocycles. The Morgan fingerprint density at radius 2 is 2.00 bits per heavy atom. The molecule has 1 aliphatic rings. The number of aromatic nitrogens is 1. The van der Waals surface area contributed by atoms with Gasteiger partial charge in [-0.05, 0) is 35.9 Å². The van der Waals surface area contributed by atoms with Crippen molar-refractivity contribution in [1.82, 2.24) is 15.6 Å². The molecule has 1 unspecified atom stereocenters. The van der Waals surface area contributed by atoms with E-state index >= 15 is 0 Å². The fourth-order valence-electron chi connectivity index (χ4n) is 3.58. The molecule has 168 valence electrons. The van der Waals surface area contributed by atoms with E-state index in [1.165, 1.54) is 12.1 Å². The van der Waals surface area contributed by atoms with Crippen LogP contribution in [0.1, 0.15) is 23.6 Å². The molecule has 0 spiro atoms. The number of nitrogens with one attached hydrogen (secondary N) is 3. The smallest absolute Gasteiger partial charge is 0.226 e. The molecule has 0 saturated carbocycles. The SMILES string of the molecule is CN=C(NCCc1coc(-c2ccc(F)cc2)n1)NCC1CC(=O)Nc2ccccc21.I. The van der Waals surface area contributed by atoms with Gasteiger partial charge in [0.05, 0.1) is 5.69 Å². The first kappa shape index (κ1) is 23.7. The Labute approximate surface area is 202 Å². The normalized spacial score (nSPS) is 15.4. The second-order valence-corrected chi connectivity index (χ2v) is 7.32. The van der Waals surface area contributed by atoms with E-state index in [-0.39, 0.29) is 41.6 Å². The molecular formula is C23H25FIN5O2. The molecule has 2 heterocycles. The zero-order valence-electron chi connectivity index (χ0n) is 17.6. The van der Waals surface area contributed by atoms with Gasteiger partial charge < -0.3 is 20.4 Å². The number of guanidine groups is 1. The van der Waals surface area contributed by atoms with Crippen molar-refractivity contribution in [1.29, 1.82) is 0 Å². The number of para-hydroxylation sites is 1. The number of nitrogens with zero attached hydrogens (tertiary/aromatic N) is 2. The molecule has 4 rings (SSSR count). The molecule has 1 amide bonds. The van der Waals surface area contributed by atoms with E-state index < -0.39 is 0 Å². The van der Waals surface area contributed by atoms with Crippen LogP contribution in [-0.4, -0.2) is 37.0 Å². The van der Waals surface area contributed by atoms with Gasteiger partial charge in [0.2, 0.25) is 11.8 Å². The molecular weight excluding hydrogens is 524 g/mol. The molecule has 3 aromatic rings. The molecule has 0 fully saturated rings. The maximum absolute atomic E-state index is 13.1. The van der Waals surface area contributed by atoms with Crippen molar-refractivity contribution in [3.8, 4) is 11.5 Å². The number of amides is 1. The Balaban J connectivity index is 0.00000289. The van der Waals surface area contributed by atoms with Crippen LogP contribution in [0.3, 0.4) is 0 Å². The summed E-state index contributed by atoms with van der Waals surface area (Å²) in [6, 6.07) is 13.9. The molecule has 3 N–H and O–H groups in total. The first-order chi connectivity index (χ1) is 15.1. The Morgan fingerprint density at radius 1 is 1.22 bits per heavy atom. The number of carbonyl (C=O) groups is 1. The Hall–Kier alpha value is -2.95. The van der Waals surface area contributed by atoms with Crippen LogP contribution in [0.25, 0.3) is 11.5 Å². The minimum absolute atomic E-state index is 0. The van der Waals surface area contributed by atoms with Crippen molar-refractivity contribution in [2.75, 3.05) is 25.5 Å². The minimum Gasteiger partial charge on any atom is -0.444 e. The first-order valence-electron chi connectivity index (χ1n) is 10.2. The molecule has 1 atom stereocenters. The zero-order chi connectivity index (χ0) is 21.6. The number of anilines is 1. The monoisotopic (exact) mass is 549 g/mol. The maximum atomic E-state index is 13.1. The number of hydrogen-bond acceptors (Lipinski definition) is 4. The molecule has 2 aromatic carbocycles. The van der Waals surface area contributed by atoms with E-state index in [1.54, 1.807) is 25.4 Å². The van der Waals surface area contributed by atoms with E-state index in [0.29, 0.717) is 37.8 Å². The van der Waals surface area contributed by atoms with Gasteiger partial charge in [0.15, 0.2) is 5.96 Å². The minimum atomic E-state index is -0.295. The van der Waals surface area contributed by atoms with Gasteiger partial charge in [-0.2, -0.15) is 0 Å². The maximum Gasteiger partial charge on any atom is 0.226 e. The fourth-order valence-corrected chi connectivity index (χ4v) is 3.58. The van der Waals surface area contributed by atoms with Crippen molar-refractivity contribution in [2.24, 2.45) is 4.99 Å². The quantitative estimate of drug-likeness (QED) is 0.246. The van der Waals surface area contributed by atoms with E-state index in [9.17, 15) is 9.18 Å². The summed E-state index contributed by atoms with van der Waals surface area (Å²) in [5, 5.41) is 9.47. The van der Waals surface area contributed by atoms with E-state index in [0.717, 1.165) is 22.5 Å². The second kappa shape index (κ2) is 11.1. The van der Waals surface area contributed by atoms with Crippen LogP contribution in [0.4, 0.5) is 10.1 Å². The zero-order valence-corrected chi connectivity index (χ0v) is 19.9. The number of oxazole rings is 1. The van der Waals surface area contributed by atoms with E-state index in [2.05, 4.69) is 25.9 Å². The number of rotatable bonds is 6. The second-order valence-electron chi connectivity index (χ2n) is 7.32. The predicted molar refractivity (Wildman–Crippen MR) is 133 cm³/mol. The average Bonchev–Trinajstić information content (AvgIpc) is 3.25. The van der Waals surface area contributed by atoms with Crippen molar-refractivity contribution in [3.63, 3.8) is 0 Å². The third-order valence-electron chi connectivity index (χ3n) is 5.16. The summed E-state index contributed by atoms with van der Waals surface area (Å²) in [5.74, 6) is 0.933. The number of aliphatic imine (C=N–C) groups is 1. The number of hydrogen-bond donors (Lipinski definition) is 3. The molecule has 9 heteroatoms. The van der Waals surface area contributed by atoms with Crippen LogP contribution in [0.2, 0.25) is 0 Å². The van der Waals surface area contributed by atoms with Crippen LogP contribution < -0.4 is 16.0 Å². The topological polar surface area (TPSA) is 91.6 Å². The van der Waals surface area contributed by atoms with Crippen molar-refractivity contribution in [2.45, 2.75) is 18.8 Å². The molecule has 0 aliphatic carbocycles. The van der Waals surface area contributed by atoms with Crippen LogP contribution in [0, 0.1) is 5.82 Å². The summed E-state index contributed by atoms with van der Waals surface area (Å²) in [7, 11) is 1.71. The van der Waals surface area contributed by atoms with Crippen molar-refractivity contribution in [3.05, 3.63) is 71.9 Å². The molecule has 0 radical (unpaired) electrons. The lowest BCUT2D eigenvalue weighted by Gasteiger charge is -2.26. The average molecular weight is 549 g/mol. The number of benzene rings is 2. The summed E-state index contributed by atoms with van der Waals surface area (Å²) in [5.41, 5.74) is 3.52. The van der Waals surface area contributed by atoms with Gasteiger partial charge in [-0.25, -0.2) is 9.37 Å². The lowest BCUT2D eigenvalue weighted by Crippen LogP contribution is -2.41. The molecule has 0 saturated heterocycles. The number of carbonyl (C=O) groups excluding carboxylic acids is 1. The van der Waals surface area contributed by atoms with Gasteiger partial charge in [-0.15, -0.1) is 24.0 Å². The standard InChI is InChI=1S/C23H24FN5O2.HI/c1-25-23(27-13-16-12-21(30)29-20-5-3-2-4-19(16)20)26-11-10-18-14-31-22(28-18)15-6-8-17(24)9-7-15;/h2-9,14,16H,10-13H2,1H3,(H,29,30)(H2,25,26,27);1H. The van der Waals surface area contributed by atoms with Crippen molar-refractivity contribution >= 4 is 41.5 Å². The Morgan fingerprint density at radius 3 is 2.78 bits per heavy atom. The highest BCUT2D eigenvalue weighted by atomic mass is 127. The number of halogens is 2. The van der Waals surface area contributed by atoms with Crippen molar-refractivity contribution < 1.29 is 13.6 Å². The summed E-state index contributed by atoms with van der Waals surface area (Å²) < 4.78 is 18.6. The van der Waals surface area contributed by atoms with Crippen LogP contribution in [0.15, 0.2) is 64.2 Å². The van der Waals surface area contributed by atoms with Gasteiger partial charge in [0, 0.05) is 50.1 Å².